The fourth-order valence-corrected chi connectivity index (χ4v) is 13.8. The van der Waals surface area contributed by atoms with E-state index in [1.54, 1.807) is 6.92 Å². The molecule has 95 heavy (non-hydrogen) atoms. The van der Waals surface area contributed by atoms with Crippen LogP contribution in [-0.4, -0.2) is 39.2 Å². The Labute approximate surface area is 619 Å². The Kier molecular flexibility index (Phi) is 28.0. The third-order valence-electron chi connectivity index (χ3n) is 15.7. The molecule has 0 aliphatic heterocycles. The molecule has 0 spiro atoms. The number of alkyl halides is 1. The van der Waals surface area contributed by atoms with Crippen molar-refractivity contribution < 1.29 is 18.6 Å². The molecular weight excluding hydrogens is 1600 g/mol. The summed E-state index contributed by atoms with van der Waals surface area (Å²) in [6, 6.07) is 90.6. The minimum atomic E-state index is -1.00. The van der Waals surface area contributed by atoms with Crippen molar-refractivity contribution >= 4 is 199 Å². The normalized spacial score (nSPS) is 11.5. The van der Waals surface area contributed by atoms with Gasteiger partial charge >= 0.3 is 0 Å². The van der Waals surface area contributed by atoms with Gasteiger partial charge in [0.05, 0.1) is 19.6 Å². The summed E-state index contributed by atoms with van der Waals surface area (Å²) < 4.78 is 33.7. The highest BCUT2D eigenvalue weighted by atomic mass is 127. The fourth-order valence-electron chi connectivity index (χ4n) is 11.8. The number of aryl methyl sites for hydroxylation is 3. The molecule has 0 bridgehead atoms. The van der Waals surface area contributed by atoms with Crippen LogP contribution in [0.4, 0.5) is 10.1 Å². The number of aliphatic hydroxyl groups is 1. The third-order valence-corrected chi connectivity index (χ3v) is 18.4. The number of H-pyrrole nitrogens is 2. The SMILES string of the molecule is Brc1ccc2c(c1)CCc1[nH]c3ccccc3c1-2.Brc1ccc2c(ccc3[nH]c4ccccc4c32)c1.Brc1ccc2c(ccc3c2c2ccccc2n3-c2ccccc2)c1.C.CCO.Cl.Cl.Ic1ccccc1.NNc1ccccc1.O=C1CCc2cc(Br)ccc2C1.[2H]CF.[2H][2H]. The second kappa shape index (κ2) is 36.8. The quantitative estimate of drug-likeness (QED) is 0.0674. The van der Waals surface area contributed by atoms with Crippen molar-refractivity contribution in [2.75, 3.05) is 19.2 Å². The molecular formula is C80H75Br4Cl2FIN5O2. The van der Waals surface area contributed by atoms with Gasteiger partial charge < -0.3 is 25.1 Å². The number of halogens is 8. The van der Waals surface area contributed by atoms with Gasteiger partial charge in [-0.05, 0) is 208 Å². The second-order valence-electron chi connectivity index (χ2n) is 21.6. The number of rotatable bonds is 2. The van der Waals surface area contributed by atoms with Gasteiger partial charge in [-0.3, -0.25) is 15.0 Å². The number of hydrogen-bond donors (Lipinski definition) is 5. The molecule has 0 unspecified atom stereocenters. The second-order valence-corrected chi connectivity index (χ2v) is 26.5. The highest BCUT2D eigenvalue weighted by Gasteiger charge is 2.21. The molecule has 0 fully saturated rings. The molecule has 2 aliphatic rings. The number of hydrazine groups is 1. The molecule has 3 heterocycles. The van der Waals surface area contributed by atoms with Crippen LogP contribution >= 0.6 is 111 Å². The number of anilines is 1. The highest BCUT2D eigenvalue weighted by Crippen LogP contribution is 2.41. The minimum Gasteiger partial charge on any atom is -0.397 e. The number of aromatic amines is 2. The number of ketones is 1. The molecule has 3 aromatic heterocycles. The zero-order chi connectivity index (χ0) is 67.2. The lowest BCUT2D eigenvalue weighted by Crippen LogP contribution is -2.12. The Hall–Kier alpha value is -7.15. The first-order chi connectivity index (χ1) is 46.4. The summed E-state index contributed by atoms with van der Waals surface area (Å²) in [4.78, 5) is 18.1. The first kappa shape index (κ1) is 72.1. The van der Waals surface area contributed by atoms with Crippen LogP contribution in [0.25, 0.3) is 92.9 Å². The minimum absolute atomic E-state index is 0. The fraction of sp³-hybridized carbons (Fsp3) is 0.113. The first-order valence-electron chi connectivity index (χ1n) is 31.7. The van der Waals surface area contributed by atoms with Gasteiger partial charge in [-0.2, -0.15) is 0 Å². The van der Waals surface area contributed by atoms with Crippen LogP contribution in [0.3, 0.4) is 0 Å². The molecule has 6 N–H and O–H groups in total. The molecule has 0 amide bonds. The Morgan fingerprint density at radius 2 is 1.03 bits per heavy atom. The predicted molar refractivity (Wildman–Crippen MR) is 434 cm³/mol. The molecule has 0 saturated heterocycles. The summed E-state index contributed by atoms with van der Waals surface area (Å²) in [6.07, 6.45) is 4.47. The molecule has 7 nitrogen and oxygen atoms in total. The number of benzene rings is 12. The van der Waals surface area contributed by atoms with E-state index in [2.05, 4.69) is 306 Å². The number of nitrogen functional groups attached to an aromatic ring is 1. The van der Waals surface area contributed by atoms with Crippen molar-refractivity contribution in [2.24, 2.45) is 5.84 Å². The van der Waals surface area contributed by atoms with Gasteiger partial charge in [0.15, 0.2) is 0 Å². The van der Waals surface area contributed by atoms with Crippen molar-refractivity contribution in [3.63, 3.8) is 0 Å². The lowest BCUT2D eigenvalue weighted by Gasteiger charge is -2.17. The maximum absolute atomic E-state index is 11.1. The molecule has 15 aromatic rings. The molecule has 0 saturated carbocycles. The number of aromatic nitrogens is 3. The van der Waals surface area contributed by atoms with E-state index < -0.39 is 7.15 Å². The van der Waals surface area contributed by atoms with E-state index in [1.165, 1.54) is 123 Å². The van der Waals surface area contributed by atoms with Gasteiger partial charge in [-0.25, -0.2) is 0 Å². The summed E-state index contributed by atoms with van der Waals surface area (Å²) in [7, 11) is -1.00. The number of nitrogens with zero attached hydrogens (tertiary/aromatic N) is 1. The molecule has 0 radical (unpaired) electrons. The zero-order valence-corrected chi connectivity index (χ0v) is 61.4. The van der Waals surface area contributed by atoms with Gasteiger partial charge in [0.25, 0.3) is 0 Å². The third kappa shape index (κ3) is 18.5. The van der Waals surface area contributed by atoms with Gasteiger partial charge in [-0.1, -0.05) is 217 Å². The standard InChI is InChI=1S/C22H14BrN.C16H12BrN.C16H10BrN.C10H9BrO.C6H5I.C6H8N2.C2H6O.CH3F.CH4.2ClH.H2/c23-16-11-12-18-15(14-16)10-13-21-22(18)19-8-4-5-9-20(19)24(21)17-6-2-1-3-7-17;2*17-11-6-7-12-10(9-11)5-8-15-16(12)13-3-1-2-4-14(13)18-15;11-9-3-1-8-6-10(12)4-2-7(8)5-9;7-6-4-2-1-3-5-6;7-8-6-4-2-1-3-5-6;1-2-3;1-2;;;;/h1-14H;1-4,6-7,9,18H,5,8H2;1-9,18H;1,3,5H,2,4,6H2;1-5H;1-5,8H,7H2;3H,2H2,1H3;1H3;1H4;3*1H/i;;;;;;;1D;;;;1+1D. The smallest absolute Gasteiger partial charge is 0.137 e. The summed E-state index contributed by atoms with van der Waals surface area (Å²) >= 11 is 16.4. The lowest BCUT2D eigenvalue weighted by molar-refractivity contribution is -0.118. The number of hydrogen-bond acceptors (Lipinski definition) is 4. The number of fused-ring (bicyclic) bond motifs is 16. The Morgan fingerprint density at radius 3 is 1.64 bits per heavy atom. The first-order valence-corrected chi connectivity index (χ1v) is 34.3. The highest BCUT2D eigenvalue weighted by molar-refractivity contribution is 14.1. The van der Waals surface area contributed by atoms with E-state index in [0.717, 1.165) is 38.4 Å². The summed E-state index contributed by atoms with van der Waals surface area (Å²) in [5.74, 6) is 5.47. The molecule has 0 atom stereocenters. The van der Waals surface area contributed by atoms with Crippen LogP contribution in [0.5, 0.6) is 0 Å². The maximum Gasteiger partial charge on any atom is 0.137 e. The number of Topliss-reactive ketones (excluding diaryl/α,β-unsaturated/α-hetero) is 1. The van der Waals surface area contributed by atoms with Gasteiger partial charge in [0, 0.05) is 110 Å². The van der Waals surface area contributed by atoms with E-state index in [9.17, 15) is 9.18 Å². The predicted octanol–water partition coefficient (Wildman–Crippen LogP) is 24.7. The topological polar surface area (TPSA) is 112 Å². The van der Waals surface area contributed by atoms with Crippen LogP contribution < -0.4 is 11.3 Å². The number of carbonyl (C=O) groups is 1. The van der Waals surface area contributed by atoms with Gasteiger partial charge in [0.1, 0.15) is 5.78 Å². The summed E-state index contributed by atoms with van der Waals surface area (Å²) in [6.45, 7) is 1.93. The summed E-state index contributed by atoms with van der Waals surface area (Å²) in [5.41, 5.74) is 18.9. The van der Waals surface area contributed by atoms with Crippen molar-refractivity contribution in [2.45, 2.75) is 46.5 Å². The average molecular weight is 1680 g/mol. The van der Waals surface area contributed by atoms with Crippen LogP contribution in [0, 0.1) is 3.57 Å². The average Bonchev–Trinajstić information content (AvgIpc) is 1.59. The van der Waals surface area contributed by atoms with Crippen molar-refractivity contribution in [1.82, 2.24) is 14.5 Å². The largest absolute Gasteiger partial charge is 0.397 e. The van der Waals surface area contributed by atoms with E-state index in [-0.39, 0.29) is 38.8 Å². The van der Waals surface area contributed by atoms with Crippen molar-refractivity contribution in [3.05, 3.63) is 305 Å². The lowest BCUT2D eigenvalue weighted by atomic mass is 9.88. The van der Waals surface area contributed by atoms with E-state index in [1.807, 2.05) is 60.7 Å². The van der Waals surface area contributed by atoms with E-state index in [0.29, 0.717) is 18.6 Å². The number of carbonyl (C=O) groups excluding carboxylic acids is 1. The monoisotopic (exact) mass is 1670 g/mol. The molecule has 15 heteroatoms. The maximum atomic E-state index is 11.1. The zero-order valence-electron chi connectivity index (χ0n) is 54.2. The van der Waals surface area contributed by atoms with Gasteiger partial charge in [0.2, 0.25) is 0 Å². The molecule has 17 rings (SSSR count). The Bertz CT molecular complexity index is 5010. The van der Waals surface area contributed by atoms with Crippen LogP contribution in [0.1, 0.15) is 47.5 Å². The van der Waals surface area contributed by atoms with Crippen molar-refractivity contribution in [3.8, 4) is 16.8 Å². The van der Waals surface area contributed by atoms with Crippen molar-refractivity contribution in [1.29, 1.82) is 0 Å². The molecule has 488 valence electrons. The summed E-state index contributed by atoms with van der Waals surface area (Å²) in [5, 5.41) is 19.2. The van der Waals surface area contributed by atoms with Crippen LogP contribution in [-0.2, 0) is 30.5 Å². The molecule has 2 aliphatic carbocycles. The van der Waals surface area contributed by atoms with Crippen LogP contribution in [0.2, 0.25) is 0 Å². The number of nitrogens with two attached hydrogens (primary N) is 1. The Morgan fingerprint density at radius 1 is 0.537 bits per heavy atom. The number of nitrogens with one attached hydrogen (secondary N) is 3. The number of aliphatic hydroxyl groups excluding tert-OH is 1. The number of para-hydroxylation sites is 5. The van der Waals surface area contributed by atoms with E-state index in [4.69, 9.17) is 15.3 Å². The molecule has 12 aromatic carbocycles. The Balaban J connectivity index is 0.000000187. The van der Waals surface area contributed by atoms with E-state index >= 15 is 0 Å². The van der Waals surface area contributed by atoms with Crippen LogP contribution in [0.15, 0.2) is 279 Å². The van der Waals surface area contributed by atoms with Gasteiger partial charge in [-0.15, -0.1) is 24.8 Å².